The zero-order valence-electron chi connectivity index (χ0n) is 9.79. The van der Waals surface area contributed by atoms with Crippen molar-refractivity contribution < 1.29 is 19.4 Å². The Morgan fingerprint density at radius 2 is 2.18 bits per heavy atom. The van der Waals surface area contributed by atoms with E-state index in [0.29, 0.717) is 6.42 Å². The molecule has 0 saturated carbocycles. The van der Waals surface area contributed by atoms with Gasteiger partial charge >= 0.3 is 11.9 Å². The summed E-state index contributed by atoms with van der Waals surface area (Å²) in [5, 5.41) is 8.93. The van der Waals surface area contributed by atoms with Crippen molar-refractivity contribution in [2.75, 3.05) is 0 Å². The summed E-state index contributed by atoms with van der Waals surface area (Å²) in [5.41, 5.74) is 0.252. The van der Waals surface area contributed by atoms with Crippen molar-refractivity contribution in [1.82, 2.24) is 4.98 Å². The van der Waals surface area contributed by atoms with E-state index in [2.05, 4.69) is 4.98 Å². The Morgan fingerprint density at radius 3 is 2.65 bits per heavy atom. The molecule has 92 valence electrons. The van der Waals surface area contributed by atoms with Crippen molar-refractivity contribution in [3.8, 4) is 0 Å². The molecule has 0 spiro atoms. The molecule has 1 aromatic rings. The summed E-state index contributed by atoms with van der Waals surface area (Å²) < 4.78 is 4.93. The summed E-state index contributed by atoms with van der Waals surface area (Å²) in [5.74, 6) is -1.65. The number of carboxylic acid groups (broad SMARTS) is 1. The number of carbonyl (C=O) groups excluding carboxylic acids is 1. The number of rotatable bonds is 5. The van der Waals surface area contributed by atoms with Crippen LogP contribution in [0.5, 0.6) is 0 Å². The third-order valence-electron chi connectivity index (χ3n) is 2.11. The molecule has 0 saturated heterocycles. The van der Waals surface area contributed by atoms with Crippen LogP contribution in [0.1, 0.15) is 30.6 Å². The summed E-state index contributed by atoms with van der Waals surface area (Å²) in [7, 11) is 0. The van der Waals surface area contributed by atoms with Crippen LogP contribution in [-0.4, -0.2) is 28.1 Å². The molecule has 5 nitrogen and oxygen atoms in total. The number of hydrogen-bond donors (Lipinski definition) is 1. The maximum atomic E-state index is 11.6. The number of ether oxygens (including phenoxy) is 1. The highest BCUT2D eigenvalue weighted by Crippen LogP contribution is 2.11. The fourth-order valence-electron chi connectivity index (χ4n) is 1.31. The molecule has 1 heterocycles. The van der Waals surface area contributed by atoms with Gasteiger partial charge in [-0.2, -0.15) is 0 Å². The summed E-state index contributed by atoms with van der Waals surface area (Å²) in [4.78, 5) is 26.3. The molecule has 1 atom stereocenters. The van der Waals surface area contributed by atoms with Crippen molar-refractivity contribution in [1.29, 1.82) is 0 Å². The smallest absolute Gasteiger partial charge is 0.345 e. The molecular formula is C12H15NO4. The molecule has 5 heteroatoms. The lowest BCUT2D eigenvalue weighted by Gasteiger charge is -2.15. The number of carbonyl (C=O) groups is 2. The van der Waals surface area contributed by atoms with Gasteiger partial charge in [0.05, 0.1) is 5.56 Å². The molecule has 0 amide bonds. The molecule has 1 rings (SSSR count). The van der Waals surface area contributed by atoms with E-state index < -0.39 is 18.0 Å². The van der Waals surface area contributed by atoms with Crippen LogP contribution in [0.25, 0.3) is 0 Å². The van der Waals surface area contributed by atoms with E-state index in [1.165, 1.54) is 18.5 Å². The second-order valence-corrected chi connectivity index (χ2v) is 4.10. The van der Waals surface area contributed by atoms with Gasteiger partial charge in [0.25, 0.3) is 0 Å². The minimum atomic E-state index is -1.13. The quantitative estimate of drug-likeness (QED) is 0.789. The fraction of sp³-hybridized carbons (Fsp3) is 0.417. The second-order valence-electron chi connectivity index (χ2n) is 4.10. The van der Waals surface area contributed by atoms with Crippen LogP contribution in [0.2, 0.25) is 0 Å². The van der Waals surface area contributed by atoms with Gasteiger partial charge < -0.3 is 9.84 Å². The largest absolute Gasteiger partial charge is 0.479 e. The molecule has 0 aliphatic carbocycles. The van der Waals surface area contributed by atoms with Crippen LogP contribution in [-0.2, 0) is 9.53 Å². The van der Waals surface area contributed by atoms with Crippen molar-refractivity contribution in [3.05, 3.63) is 30.1 Å². The highest BCUT2D eigenvalue weighted by Gasteiger charge is 2.23. The number of esters is 1. The molecule has 1 aromatic heterocycles. The minimum Gasteiger partial charge on any atom is -0.479 e. The van der Waals surface area contributed by atoms with E-state index in [9.17, 15) is 9.59 Å². The number of aliphatic carboxylic acids is 1. The summed E-state index contributed by atoms with van der Waals surface area (Å²) in [6.07, 6.45) is 2.06. The molecular weight excluding hydrogens is 222 g/mol. The predicted octanol–water partition coefficient (Wildman–Crippen LogP) is 1.74. The highest BCUT2D eigenvalue weighted by molar-refractivity contribution is 5.90. The maximum Gasteiger partial charge on any atom is 0.345 e. The highest BCUT2D eigenvalue weighted by atomic mass is 16.6. The first-order chi connectivity index (χ1) is 8.00. The van der Waals surface area contributed by atoms with Gasteiger partial charge in [-0.25, -0.2) is 9.59 Å². The van der Waals surface area contributed by atoms with Gasteiger partial charge in [0.15, 0.2) is 6.10 Å². The van der Waals surface area contributed by atoms with E-state index >= 15 is 0 Å². The van der Waals surface area contributed by atoms with Gasteiger partial charge in [-0.15, -0.1) is 0 Å². The number of nitrogens with zero attached hydrogens (tertiary/aromatic N) is 1. The number of hydrogen-bond acceptors (Lipinski definition) is 4. The van der Waals surface area contributed by atoms with Crippen molar-refractivity contribution in [2.45, 2.75) is 26.4 Å². The predicted molar refractivity (Wildman–Crippen MR) is 60.5 cm³/mol. The fourth-order valence-corrected chi connectivity index (χ4v) is 1.31. The van der Waals surface area contributed by atoms with Crippen LogP contribution in [0, 0.1) is 5.92 Å². The van der Waals surface area contributed by atoms with Gasteiger partial charge in [0.2, 0.25) is 0 Å². The number of pyridine rings is 1. The molecule has 0 aliphatic rings. The van der Waals surface area contributed by atoms with Crippen LogP contribution in [0.3, 0.4) is 0 Å². The standard InChI is InChI=1S/C12H15NO4/c1-8(2)6-10(11(14)15)17-12(16)9-4-3-5-13-7-9/h3-5,7-8,10H,6H2,1-2H3,(H,14,15)/t10-/m1/s1. The van der Waals surface area contributed by atoms with Gasteiger partial charge in [-0.3, -0.25) is 4.98 Å². The zero-order valence-corrected chi connectivity index (χ0v) is 9.79. The Hall–Kier alpha value is -1.91. The second kappa shape index (κ2) is 5.98. The normalized spacial score (nSPS) is 12.2. The minimum absolute atomic E-state index is 0.137. The lowest BCUT2D eigenvalue weighted by Crippen LogP contribution is -2.28. The van der Waals surface area contributed by atoms with Gasteiger partial charge in [0.1, 0.15) is 0 Å². The van der Waals surface area contributed by atoms with Crippen molar-refractivity contribution in [2.24, 2.45) is 5.92 Å². The molecule has 0 aliphatic heterocycles. The van der Waals surface area contributed by atoms with Crippen molar-refractivity contribution >= 4 is 11.9 Å². The van der Waals surface area contributed by atoms with E-state index in [1.54, 1.807) is 6.07 Å². The summed E-state index contributed by atoms with van der Waals surface area (Å²) in [6, 6.07) is 3.12. The van der Waals surface area contributed by atoms with Gasteiger partial charge in [0, 0.05) is 12.4 Å². The third-order valence-corrected chi connectivity index (χ3v) is 2.11. The van der Waals surface area contributed by atoms with E-state index in [-0.39, 0.29) is 11.5 Å². The first kappa shape index (κ1) is 13.2. The van der Waals surface area contributed by atoms with E-state index in [1.807, 2.05) is 13.8 Å². The van der Waals surface area contributed by atoms with Crippen molar-refractivity contribution in [3.63, 3.8) is 0 Å². The Morgan fingerprint density at radius 1 is 1.47 bits per heavy atom. The Kier molecular flexibility index (Phi) is 4.63. The van der Waals surface area contributed by atoms with E-state index in [0.717, 1.165) is 0 Å². The molecule has 1 N–H and O–H groups in total. The SMILES string of the molecule is CC(C)C[C@@H](OC(=O)c1cccnc1)C(=O)O. The van der Waals surface area contributed by atoms with Crippen LogP contribution in [0.4, 0.5) is 0 Å². The molecule has 0 radical (unpaired) electrons. The molecule has 0 bridgehead atoms. The first-order valence-corrected chi connectivity index (χ1v) is 5.34. The topological polar surface area (TPSA) is 76.5 Å². The number of carboxylic acids is 1. The van der Waals surface area contributed by atoms with Crippen LogP contribution < -0.4 is 0 Å². The Balaban J connectivity index is 2.68. The maximum absolute atomic E-state index is 11.6. The Bertz CT molecular complexity index is 389. The number of aromatic nitrogens is 1. The third kappa shape index (κ3) is 4.22. The lowest BCUT2D eigenvalue weighted by atomic mass is 10.1. The van der Waals surface area contributed by atoms with Gasteiger partial charge in [-0.1, -0.05) is 13.8 Å². The average Bonchev–Trinajstić information content (AvgIpc) is 2.28. The van der Waals surface area contributed by atoms with E-state index in [4.69, 9.17) is 9.84 Å². The van der Waals surface area contributed by atoms with Gasteiger partial charge in [-0.05, 0) is 24.5 Å². The summed E-state index contributed by atoms with van der Waals surface area (Å²) >= 11 is 0. The zero-order chi connectivity index (χ0) is 12.8. The molecule has 0 unspecified atom stereocenters. The molecule has 0 aromatic carbocycles. The Labute approximate surface area is 99.4 Å². The van der Waals surface area contributed by atoms with Crippen LogP contribution in [0.15, 0.2) is 24.5 Å². The monoisotopic (exact) mass is 237 g/mol. The lowest BCUT2D eigenvalue weighted by molar-refractivity contribution is -0.148. The average molecular weight is 237 g/mol. The summed E-state index contributed by atoms with van der Waals surface area (Å²) in [6.45, 7) is 3.74. The molecule has 0 fully saturated rings. The van der Waals surface area contributed by atoms with Crippen LogP contribution >= 0.6 is 0 Å². The molecule has 17 heavy (non-hydrogen) atoms. The first-order valence-electron chi connectivity index (χ1n) is 5.34.